The summed E-state index contributed by atoms with van der Waals surface area (Å²) in [5.41, 5.74) is 19.1. The summed E-state index contributed by atoms with van der Waals surface area (Å²) < 4.78 is 4.31. The van der Waals surface area contributed by atoms with E-state index < -0.39 is 38.8 Å². The van der Waals surface area contributed by atoms with E-state index in [9.17, 15) is 0 Å². The molecule has 732 valence electrons. The van der Waals surface area contributed by atoms with Crippen LogP contribution in [0.15, 0.2) is 637 Å². The van der Waals surface area contributed by atoms with Gasteiger partial charge in [-0.15, -0.1) is 0 Å². The van der Waals surface area contributed by atoms with E-state index in [0.29, 0.717) is 5.46 Å². The Morgan fingerprint density at radius 2 is 0.293 bits per heavy atom. The minimum atomic E-state index is -1.40. The molecule has 150 heavy (non-hydrogen) atoms. The van der Waals surface area contributed by atoms with Crippen LogP contribution >= 0.6 is 95.4 Å². The standard InChI is InChI=1S/C34H23BrN2.C24H15Br3.4C18H15P.C5H6BNO2.Pd/c35-34-13-3-10-28(21-34)33-19-31(26-8-1-6-24(16-26)29-11-4-14-36-22-29)18-32(20-33)27-9-2-7-25(17-27)30-12-5-15-37-23-30;25-22-7-1-4-16(13-22)19-10-20(17-5-2-8-23(26)14-17)12-21(11-19)18-6-3-9-24(27)15-18;4*1-4-10-16(11-5-1)19(17-12-6-2-7-13-17)18-14-8-3-9-15-18;8-6(9)5-2-1-3-7-4-5;/h1-23H;1-15H;4*1-15H;1-4,8-9H;. The van der Waals surface area contributed by atoms with Gasteiger partial charge in [0.15, 0.2) is 0 Å². The van der Waals surface area contributed by atoms with Crippen molar-refractivity contribution >= 4 is 172 Å². The molecule has 20 aromatic carbocycles. The summed E-state index contributed by atoms with van der Waals surface area (Å²) in [6.45, 7) is 0. The summed E-state index contributed by atoms with van der Waals surface area (Å²) in [5.74, 6) is 0. The number of hydrogen-bond acceptors (Lipinski definition) is 5. The molecule has 3 aromatic heterocycles. The summed E-state index contributed by atoms with van der Waals surface area (Å²) in [7, 11) is -3.19. The van der Waals surface area contributed by atoms with Crippen LogP contribution in [0.3, 0.4) is 0 Å². The number of pyridine rings is 3. The predicted octanol–water partition coefficient (Wildman–Crippen LogP) is 31.1. The molecule has 0 saturated heterocycles. The van der Waals surface area contributed by atoms with Gasteiger partial charge < -0.3 is 10.0 Å². The Morgan fingerprint density at radius 1 is 0.147 bits per heavy atom. The molecule has 0 radical (unpaired) electrons. The van der Waals surface area contributed by atoms with E-state index in [-0.39, 0.29) is 20.4 Å². The Labute approximate surface area is 934 Å². The average Bonchev–Trinajstić information content (AvgIpc) is 0.792. The van der Waals surface area contributed by atoms with Crippen LogP contribution in [0.25, 0.3) is 89.0 Å². The summed E-state index contributed by atoms with van der Waals surface area (Å²) in [6.07, 6.45) is 10.4. The number of aromatic nitrogens is 3. The predicted molar refractivity (Wildman–Crippen MR) is 657 cm³/mol. The first-order valence-electron chi connectivity index (χ1n) is 48.8. The van der Waals surface area contributed by atoms with Gasteiger partial charge >= 0.3 is 7.12 Å². The van der Waals surface area contributed by atoms with Crippen molar-refractivity contribution < 1.29 is 30.5 Å². The fourth-order valence-electron chi connectivity index (χ4n) is 17.0. The second-order valence-electron chi connectivity index (χ2n) is 34.3. The van der Waals surface area contributed by atoms with Gasteiger partial charge in [-0.25, -0.2) is 0 Å². The quantitative estimate of drug-likeness (QED) is 0.0554. The molecular weight excluding hydrogens is 2260 g/mol. The minimum absolute atomic E-state index is 0. The van der Waals surface area contributed by atoms with Gasteiger partial charge in [0.1, 0.15) is 0 Å². The molecule has 0 amide bonds. The molecule has 0 spiro atoms. The molecule has 0 aliphatic rings. The Morgan fingerprint density at radius 3 is 0.440 bits per heavy atom. The number of rotatable bonds is 21. The molecule has 0 atom stereocenters. The largest absolute Gasteiger partial charge is 0.490 e. The zero-order valence-electron chi connectivity index (χ0n) is 81.8. The van der Waals surface area contributed by atoms with Crippen LogP contribution in [0.1, 0.15) is 0 Å². The topological polar surface area (TPSA) is 79.1 Å². The molecule has 2 N–H and O–H groups in total. The number of hydrogen-bond donors (Lipinski definition) is 2. The van der Waals surface area contributed by atoms with E-state index in [2.05, 4.69) is 637 Å². The molecule has 0 bridgehead atoms. The fraction of sp³-hybridized carbons (Fsp3) is 0. The van der Waals surface area contributed by atoms with Gasteiger partial charge in [0.2, 0.25) is 0 Å². The Balaban J connectivity index is 0.000000128. The van der Waals surface area contributed by atoms with E-state index in [1.165, 1.54) is 137 Å². The van der Waals surface area contributed by atoms with E-state index in [0.717, 1.165) is 40.1 Å². The van der Waals surface area contributed by atoms with Crippen molar-refractivity contribution in [3.05, 3.63) is 637 Å². The van der Waals surface area contributed by atoms with Crippen molar-refractivity contribution in [2.24, 2.45) is 0 Å². The van der Waals surface area contributed by atoms with Crippen molar-refractivity contribution in [2.45, 2.75) is 0 Å². The molecule has 3 heterocycles. The van der Waals surface area contributed by atoms with Crippen LogP contribution in [0.4, 0.5) is 0 Å². The van der Waals surface area contributed by atoms with Gasteiger partial charge in [-0.3, -0.25) is 15.0 Å². The SMILES string of the molecule is Brc1cccc(-c2cc(-c3cccc(-c4cccnc4)c3)cc(-c3cccc(-c4cccnc4)c3)c2)c1.Brc1cccc(-c2cc(-c3cccc(Br)c3)cc(-c3cccc(Br)c3)c2)c1.OB(O)c1cccnc1.[Pd].c1ccc(P(c2ccccc2)c2ccccc2)cc1.c1ccc(P(c2ccccc2)c2ccccc2)cc1.c1ccc(P(c2ccccc2)c2ccccc2)cc1.c1ccc(P(c2ccccc2)c2ccccc2)cc1. The number of halogens is 4. The Bertz CT molecular complexity index is 6910. The molecule has 23 aromatic rings. The van der Waals surface area contributed by atoms with Crippen LogP contribution < -0.4 is 69.1 Å². The van der Waals surface area contributed by atoms with Crippen molar-refractivity contribution in [1.29, 1.82) is 0 Å². The summed E-state index contributed by atoms with van der Waals surface area (Å²) in [4.78, 5) is 12.3. The van der Waals surface area contributed by atoms with Gasteiger partial charge in [0.25, 0.3) is 0 Å². The zero-order valence-corrected chi connectivity index (χ0v) is 93.3. The molecule has 0 aliphatic carbocycles. The molecular formula is C135H104BBr4N3O2P4Pd. The first kappa shape index (κ1) is 109. The first-order chi connectivity index (χ1) is 73.4. The Hall–Kier alpha value is -13.9. The van der Waals surface area contributed by atoms with E-state index in [4.69, 9.17) is 10.0 Å². The molecule has 0 aliphatic heterocycles. The van der Waals surface area contributed by atoms with Gasteiger partial charge in [-0.2, -0.15) is 0 Å². The Kier molecular flexibility index (Phi) is 41.9. The fourth-order valence-corrected chi connectivity index (χ4v) is 27.8. The van der Waals surface area contributed by atoms with E-state index >= 15 is 0 Å². The van der Waals surface area contributed by atoms with Crippen molar-refractivity contribution in [3.63, 3.8) is 0 Å². The summed E-state index contributed by atoms with van der Waals surface area (Å²) >= 11 is 14.4. The average molecular weight is 2360 g/mol. The second-order valence-corrected chi connectivity index (χ2v) is 46.9. The molecule has 15 heteroatoms. The zero-order chi connectivity index (χ0) is 102. The minimum Gasteiger partial charge on any atom is -0.423 e. The monoisotopic (exact) mass is 2360 g/mol. The van der Waals surface area contributed by atoms with Crippen molar-refractivity contribution in [3.8, 4) is 89.0 Å². The molecule has 5 nitrogen and oxygen atoms in total. The van der Waals surface area contributed by atoms with E-state index in [1.54, 1.807) is 30.7 Å². The van der Waals surface area contributed by atoms with Crippen LogP contribution in [0, 0.1) is 0 Å². The maximum atomic E-state index is 8.54. The van der Waals surface area contributed by atoms with Crippen molar-refractivity contribution in [1.82, 2.24) is 15.0 Å². The number of benzene rings is 20. The smallest absolute Gasteiger partial charge is 0.423 e. The third kappa shape index (κ3) is 31.6. The van der Waals surface area contributed by atoms with E-state index in [1.807, 2.05) is 24.5 Å². The van der Waals surface area contributed by atoms with Crippen LogP contribution in [0.2, 0.25) is 0 Å². The number of nitrogens with zero attached hydrogens (tertiary/aromatic N) is 3. The maximum Gasteiger partial charge on any atom is 0.490 e. The maximum absolute atomic E-state index is 8.54. The van der Waals surface area contributed by atoms with Crippen LogP contribution in [-0.4, -0.2) is 32.1 Å². The van der Waals surface area contributed by atoms with Crippen LogP contribution in [-0.2, 0) is 20.4 Å². The second kappa shape index (κ2) is 57.8. The van der Waals surface area contributed by atoms with Crippen molar-refractivity contribution in [2.75, 3.05) is 0 Å². The van der Waals surface area contributed by atoms with Gasteiger partial charge in [-0.1, -0.05) is 531 Å². The third-order valence-electron chi connectivity index (χ3n) is 24.0. The summed E-state index contributed by atoms with van der Waals surface area (Å²) in [6, 6.07) is 205. The molecule has 0 saturated carbocycles. The van der Waals surface area contributed by atoms with Gasteiger partial charge in [-0.05, 0) is 288 Å². The van der Waals surface area contributed by atoms with Gasteiger partial charge in [0, 0.05) is 92.1 Å². The molecule has 0 unspecified atom stereocenters. The van der Waals surface area contributed by atoms with Crippen LogP contribution in [0.5, 0.6) is 0 Å². The molecule has 23 rings (SSSR count). The van der Waals surface area contributed by atoms with Gasteiger partial charge in [0.05, 0.1) is 0 Å². The first-order valence-corrected chi connectivity index (χ1v) is 57.4. The normalized spacial score (nSPS) is 10.5. The summed E-state index contributed by atoms with van der Waals surface area (Å²) in [5, 5.41) is 33.9. The third-order valence-corrected chi connectivity index (χ3v) is 35.8. The molecule has 0 fully saturated rings.